The molecule has 2 aromatic carbocycles. The Kier molecular flexibility index (Phi) is 7.60. The Bertz CT molecular complexity index is 810. The van der Waals surface area contributed by atoms with Crippen LogP contribution in [0, 0.1) is 0 Å². The number of carbonyl (C=O) groups excluding carboxylic acids is 1. The standard InChI is InChI=1S/C26H35N3O2/c27-25(26(30)29-17-13-23(14-18-29)28-15-5-2-6-16-28)19-21-9-11-24(12-10-21)31-20-22-7-3-1-4-8-22/h1,3-4,7-12,23,25H,2,5-6,13-20,27H2. The van der Waals surface area contributed by atoms with Gasteiger partial charge in [-0.3, -0.25) is 4.79 Å². The van der Waals surface area contributed by atoms with E-state index in [4.69, 9.17) is 10.5 Å². The molecular formula is C26H35N3O2. The summed E-state index contributed by atoms with van der Waals surface area (Å²) in [6.45, 7) is 4.66. The Balaban J connectivity index is 1.22. The number of nitrogens with two attached hydrogens (primary N) is 1. The largest absolute Gasteiger partial charge is 0.489 e. The highest BCUT2D eigenvalue weighted by Crippen LogP contribution is 2.22. The second-order valence-corrected chi connectivity index (χ2v) is 8.88. The topological polar surface area (TPSA) is 58.8 Å². The van der Waals surface area contributed by atoms with Crippen LogP contribution in [0.1, 0.15) is 43.2 Å². The van der Waals surface area contributed by atoms with Gasteiger partial charge in [0.25, 0.3) is 0 Å². The van der Waals surface area contributed by atoms with Gasteiger partial charge in [0.1, 0.15) is 12.4 Å². The fraction of sp³-hybridized carbons (Fsp3) is 0.500. The summed E-state index contributed by atoms with van der Waals surface area (Å²) in [6, 6.07) is 18.2. The number of carbonyl (C=O) groups is 1. The predicted molar refractivity (Wildman–Crippen MR) is 124 cm³/mol. The van der Waals surface area contributed by atoms with E-state index in [0.717, 1.165) is 42.8 Å². The highest BCUT2D eigenvalue weighted by atomic mass is 16.5. The van der Waals surface area contributed by atoms with E-state index >= 15 is 0 Å². The van der Waals surface area contributed by atoms with Crippen LogP contribution in [0.2, 0.25) is 0 Å². The molecule has 2 aliphatic rings. The monoisotopic (exact) mass is 421 g/mol. The maximum Gasteiger partial charge on any atom is 0.239 e. The Morgan fingerprint density at radius 3 is 2.26 bits per heavy atom. The van der Waals surface area contributed by atoms with Crippen LogP contribution in [0.5, 0.6) is 5.75 Å². The molecule has 0 aliphatic carbocycles. The summed E-state index contributed by atoms with van der Waals surface area (Å²) in [7, 11) is 0. The van der Waals surface area contributed by atoms with Gasteiger partial charge in [-0.15, -0.1) is 0 Å². The molecule has 2 fully saturated rings. The third-order valence-corrected chi connectivity index (χ3v) is 6.63. The molecule has 0 aromatic heterocycles. The summed E-state index contributed by atoms with van der Waals surface area (Å²) < 4.78 is 5.84. The maximum absolute atomic E-state index is 12.9. The van der Waals surface area contributed by atoms with Crippen LogP contribution < -0.4 is 10.5 Å². The van der Waals surface area contributed by atoms with Crippen LogP contribution in [0.25, 0.3) is 0 Å². The number of nitrogens with zero attached hydrogens (tertiary/aromatic N) is 2. The molecule has 1 amide bonds. The number of hydrogen-bond donors (Lipinski definition) is 1. The normalized spacial score (nSPS) is 19.2. The van der Waals surface area contributed by atoms with E-state index in [1.165, 1.54) is 32.4 Å². The lowest BCUT2D eigenvalue weighted by Crippen LogP contribution is -2.52. The van der Waals surface area contributed by atoms with Gasteiger partial charge in [0.2, 0.25) is 5.91 Å². The number of piperidine rings is 2. The van der Waals surface area contributed by atoms with Gasteiger partial charge in [-0.1, -0.05) is 48.9 Å². The Morgan fingerprint density at radius 1 is 0.903 bits per heavy atom. The molecule has 0 bridgehead atoms. The number of likely N-dealkylation sites (tertiary alicyclic amines) is 2. The van der Waals surface area contributed by atoms with E-state index in [1.807, 2.05) is 59.5 Å². The van der Waals surface area contributed by atoms with Gasteiger partial charge >= 0.3 is 0 Å². The van der Waals surface area contributed by atoms with Gasteiger partial charge in [-0.05, 0) is 68.5 Å². The van der Waals surface area contributed by atoms with Crippen LogP contribution in [-0.4, -0.2) is 54.0 Å². The summed E-state index contributed by atoms with van der Waals surface area (Å²) in [5.41, 5.74) is 8.51. The number of ether oxygens (including phenoxy) is 1. The van der Waals surface area contributed by atoms with E-state index in [-0.39, 0.29) is 5.91 Å². The van der Waals surface area contributed by atoms with Crippen molar-refractivity contribution in [2.24, 2.45) is 5.73 Å². The van der Waals surface area contributed by atoms with Gasteiger partial charge in [-0.25, -0.2) is 0 Å². The molecule has 166 valence electrons. The molecule has 5 nitrogen and oxygen atoms in total. The first-order valence-corrected chi connectivity index (χ1v) is 11.7. The molecular weight excluding hydrogens is 386 g/mol. The Morgan fingerprint density at radius 2 is 1.58 bits per heavy atom. The van der Waals surface area contributed by atoms with Crippen molar-refractivity contribution in [2.75, 3.05) is 26.2 Å². The predicted octanol–water partition coefficient (Wildman–Crippen LogP) is 3.61. The van der Waals surface area contributed by atoms with Crippen molar-refractivity contribution < 1.29 is 9.53 Å². The number of amides is 1. The molecule has 0 radical (unpaired) electrons. The van der Waals surface area contributed by atoms with E-state index in [2.05, 4.69) is 4.90 Å². The Labute approximate surface area is 186 Å². The van der Waals surface area contributed by atoms with Gasteiger partial charge in [-0.2, -0.15) is 0 Å². The first kappa shape index (κ1) is 21.8. The first-order valence-electron chi connectivity index (χ1n) is 11.7. The lowest BCUT2D eigenvalue weighted by atomic mass is 9.98. The van der Waals surface area contributed by atoms with Crippen molar-refractivity contribution in [3.05, 3.63) is 65.7 Å². The van der Waals surface area contributed by atoms with Gasteiger partial charge < -0.3 is 20.3 Å². The van der Waals surface area contributed by atoms with Crippen molar-refractivity contribution >= 4 is 5.91 Å². The molecule has 1 unspecified atom stereocenters. The van der Waals surface area contributed by atoms with Crippen molar-refractivity contribution in [2.45, 2.75) is 57.2 Å². The average molecular weight is 422 g/mol. The van der Waals surface area contributed by atoms with Crippen molar-refractivity contribution in [1.82, 2.24) is 9.80 Å². The summed E-state index contributed by atoms with van der Waals surface area (Å²) in [5, 5.41) is 0. The fourth-order valence-corrected chi connectivity index (χ4v) is 4.77. The third kappa shape index (κ3) is 6.08. The molecule has 2 aromatic rings. The van der Waals surface area contributed by atoms with Crippen LogP contribution in [0.3, 0.4) is 0 Å². The van der Waals surface area contributed by atoms with Gasteiger partial charge in [0, 0.05) is 19.1 Å². The van der Waals surface area contributed by atoms with E-state index in [9.17, 15) is 4.79 Å². The quantitative estimate of drug-likeness (QED) is 0.742. The lowest BCUT2D eigenvalue weighted by molar-refractivity contribution is -0.134. The van der Waals surface area contributed by atoms with Crippen LogP contribution in [-0.2, 0) is 17.8 Å². The number of benzene rings is 2. The molecule has 2 N–H and O–H groups in total. The molecule has 0 spiro atoms. The molecule has 0 saturated carbocycles. The third-order valence-electron chi connectivity index (χ3n) is 6.63. The highest BCUT2D eigenvalue weighted by Gasteiger charge is 2.29. The number of hydrogen-bond acceptors (Lipinski definition) is 4. The van der Waals surface area contributed by atoms with E-state index < -0.39 is 6.04 Å². The number of rotatable bonds is 7. The van der Waals surface area contributed by atoms with Crippen molar-refractivity contribution in [3.63, 3.8) is 0 Å². The molecule has 4 rings (SSSR count). The molecule has 5 heteroatoms. The average Bonchev–Trinajstić information content (AvgIpc) is 2.84. The molecule has 2 aliphatic heterocycles. The SMILES string of the molecule is NC(Cc1ccc(OCc2ccccc2)cc1)C(=O)N1CCC(N2CCCCC2)CC1. The molecule has 1 atom stereocenters. The minimum absolute atomic E-state index is 0.0847. The fourth-order valence-electron chi connectivity index (χ4n) is 4.77. The first-order chi connectivity index (χ1) is 15.2. The Hall–Kier alpha value is -2.37. The minimum atomic E-state index is -0.484. The zero-order valence-corrected chi connectivity index (χ0v) is 18.4. The van der Waals surface area contributed by atoms with E-state index in [0.29, 0.717) is 19.1 Å². The van der Waals surface area contributed by atoms with Gasteiger partial charge in [0.05, 0.1) is 6.04 Å². The van der Waals surface area contributed by atoms with Crippen LogP contribution >= 0.6 is 0 Å². The minimum Gasteiger partial charge on any atom is -0.489 e. The lowest BCUT2D eigenvalue weighted by Gasteiger charge is -2.40. The maximum atomic E-state index is 12.9. The van der Waals surface area contributed by atoms with Crippen molar-refractivity contribution in [3.8, 4) is 5.75 Å². The molecule has 2 saturated heterocycles. The molecule has 31 heavy (non-hydrogen) atoms. The summed E-state index contributed by atoms with van der Waals surface area (Å²) >= 11 is 0. The van der Waals surface area contributed by atoms with E-state index in [1.54, 1.807) is 0 Å². The van der Waals surface area contributed by atoms with Crippen LogP contribution in [0.15, 0.2) is 54.6 Å². The summed E-state index contributed by atoms with van der Waals surface area (Å²) in [5.74, 6) is 0.911. The van der Waals surface area contributed by atoms with Crippen molar-refractivity contribution in [1.29, 1.82) is 0 Å². The summed E-state index contributed by atoms with van der Waals surface area (Å²) in [6.07, 6.45) is 6.71. The van der Waals surface area contributed by atoms with Gasteiger partial charge in [0.15, 0.2) is 0 Å². The summed E-state index contributed by atoms with van der Waals surface area (Å²) in [4.78, 5) is 17.5. The van der Waals surface area contributed by atoms with Crippen LogP contribution in [0.4, 0.5) is 0 Å². The molecule has 2 heterocycles. The second kappa shape index (κ2) is 10.8. The zero-order valence-electron chi connectivity index (χ0n) is 18.4. The second-order valence-electron chi connectivity index (χ2n) is 8.88. The zero-order chi connectivity index (χ0) is 21.5. The smallest absolute Gasteiger partial charge is 0.239 e. The highest BCUT2D eigenvalue weighted by molar-refractivity contribution is 5.82.